The molecule has 16 heavy (non-hydrogen) atoms. The van der Waals surface area contributed by atoms with Gasteiger partial charge in [0.25, 0.3) is 0 Å². The van der Waals surface area contributed by atoms with Crippen molar-refractivity contribution >= 4 is 17.8 Å². The maximum Gasteiger partial charge on any atom is 0.315 e. The minimum atomic E-state index is -0.0240. The number of aliphatic hydroxyl groups is 1. The zero-order chi connectivity index (χ0) is 11.5. The summed E-state index contributed by atoms with van der Waals surface area (Å²) in [7, 11) is 0. The summed E-state index contributed by atoms with van der Waals surface area (Å²) in [6, 6.07) is 0.592. The number of amides is 2. The highest BCUT2D eigenvalue weighted by Gasteiger charge is 2.42. The first-order valence-corrected chi connectivity index (χ1v) is 6.77. The summed E-state index contributed by atoms with van der Waals surface area (Å²) in [5.74, 6) is 1.29. The van der Waals surface area contributed by atoms with Crippen molar-refractivity contribution in [1.82, 2.24) is 10.6 Å². The summed E-state index contributed by atoms with van der Waals surface area (Å²) in [6.07, 6.45) is 3.85. The zero-order valence-corrected chi connectivity index (χ0v) is 10.1. The number of carbonyl (C=O) groups excluding carboxylic acids is 1. The molecule has 0 aromatic rings. The minimum Gasteiger partial charge on any atom is -0.513 e. The van der Waals surface area contributed by atoms with E-state index in [4.69, 9.17) is 5.11 Å². The molecule has 0 radical (unpaired) electrons. The molecule has 0 bridgehead atoms. The number of carbonyl (C=O) groups is 1. The Morgan fingerprint density at radius 3 is 3.06 bits per heavy atom. The van der Waals surface area contributed by atoms with Crippen LogP contribution in [0.1, 0.15) is 25.7 Å². The van der Waals surface area contributed by atoms with Crippen LogP contribution < -0.4 is 10.6 Å². The summed E-state index contributed by atoms with van der Waals surface area (Å²) in [4.78, 5) is 11.1. The number of urea groups is 1. The molecule has 2 heterocycles. The molecule has 0 aromatic carbocycles. The van der Waals surface area contributed by atoms with Crippen molar-refractivity contribution in [3.63, 3.8) is 0 Å². The number of fused-ring (bicyclic) bond motifs is 1. The Kier molecular flexibility index (Phi) is 3.63. The van der Waals surface area contributed by atoms with Crippen molar-refractivity contribution in [2.24, 2.45) is 0 Å². The van der Waals surface area contributed by atoms with Gasteiger partial charge in [-0.3, -0.25) is 0 Å². The molecule has 0 aliphatic carbocycles. The van der Waals surface area contributed by atoms with Gasteiger partial charge in [0.15, 0.2) is 0 Å². The minimum absolute atomic E-state index is 0.0240. The van der Waals surface area contributed by atoms with E-state index >= 15 is 0 Å². The lowest BCUT2D eigenvalue weighted by molar-refractivity contribution is 0.247. The maximum atomic E-state index is 11.1. The van der Waals surface area contributed by atoms with E-state index in [1.54, 1.807) is 0 Å². The van der Waals surface area contributed by atoms with Gasteiger partial charge in [-0.15, -0.1) is 0 Å². The van der Waals surface area contributed by atoms with Crippen LogP contribution in [0.25, 0.3) is 0 Å². The molecule has 4 nitrogen and oxygen atoms in total. The summed E-state index contributed by atoms with van der Waals surface area (Å²) < 4.78 is 0. The van der Waals surface area contributed by atoms with Gasteiger partial charge in [-0.2, -0.15) is 11.8 Å². The van der Waals surface area contributed by atoms with Crippen molar-refractivity contribution < 1.29 is 9.90 Å². The first-order chi connectivity index (χ1) is 7.66. The number of rotatable bonds is 5. The molecule has 2 saturated heterocycles. The fraction of sp³-hybridized carbons (Fsp3) is 0.727. The largest absolute Gasteiger partial charge is 0.513 e. The van der Waals surface area contributed by atoms with Gasteiger partial charge in [0.05, 0.1) is 17.8 Å². The van der Waals surface area contributed by atoms with E-state index in [-0.39, 0.29) is 11.8 Å². The van der Waals surface area contributed by atoms with Crippen LogP contribution in [0.2, 0.25) is 0 Å². The van der Waals surface area contributed by atoms with Gasteiger partial charge in [-0.25, -0.2) is 4.79 Å². The molecular weight excluding hydrogens is 224 g/mol. The Morgan fingerprint density at radius 1 is 1.50 bits per heavy atom. The van der Waals surface area contributed by atoms with E-state index in [1.807, 2.05) is 11.8 Å². The molecule has 3 unspecified atom stereocenters. The SMILES string of the molecule is C=C(O)CCCCC1SCC2NC(=O)NC21. The Hall–Kier alpha value is -0.840. The molecule has 2 amide bonds. The van der Waals surface area contributed by atoms with Crippen molar-refractivity contribution in [3.05, 3.63) is 12.3 Å². The third-order valence-electron chi connectivity index (χ3n) is 3.14. The van der Waals surface area contributed by atoms with Gasteiger partial charge < -0.3 is 15.7 Å². The number of nitrogens with one attached hydrogen (secondary N) is 2. The van der Waals surface area contributed by atoms with Crippen LogP contribution in [0.5, 0.6) is 0 Å². The molecule has 2 rings (SSSR count). The highest BCUT2D eigenvalue weighted by atomic mass is 32.2. The van der Waals surface area contributed by atoms with Gasteiger partial charge in [-0.1, -0.05) is 13.0 Å². The van der Waals surface area contributed by atoms with E-state index in [9.17, 15) is 4.79 Å². The molecule has 0 aromatic heterocycles. The lowest BCUT2D eigenvalue weighted by Gasteiger charge is -2.16. The fourth-order valence-corrected chi connectivity index (χ4v) is 3.86. The molecule has 0 spiro atoms. The van der Waals surface area contributed by atoms with Crippen molar-refractivity contribution in [2.75, 3.05) is 5.75 Å². The summed E-state index contributed by atoms with van der Waals surface area (Å²) in [5.41, 5.74) is 0. The molecule has 2 aliphatic rings. The molecule has 3 N–H and O–H groups in total. The molecule has 2 aliphatic heterocycles. The van der Waals surface area contributed by atoms with Crippen LogP contribution in [0.15, 0.2) is 12.3 Å². The second-order valence-electron chi connectivity index (χ2n) is 4.43. The Balaban J connectivity index is 1.70. The number of aliphatic hydroxyl groups excluding tert-OH is 1. The number of unbranched alkanes of at least 4 members (excludes halogenated alkanes) is 1. The first kappa shape index (κ1) is 11.6. The van der Waals surface area contributed by atoms with Crippen molar-refractivity contribution in [2.45, 2.75) is 43.0 Å². The second kappa shape index (κ2) is 4.99. The normalized spacial score (nSPS) is 32.0. The zero-order valence-electron chi connectivity index (χ0n) is 9.24. The molecular formula is C11H18N2O2S. The standard InChI is InChI=1S/C11H18N2O2S/c1-7(14)4-2-3-5-9-10-8(6-16-9)12-11(15)13-10/h8-10,14H,1-6H2,(H2,12,13,15). The van der Waals surface area contributed by atoms with E-state index < -0.39 is 0 Å². The van der Waals surface area contributed by atoms with Gasteiger partial charge in [0, 0.05) is 17.4 Å². The maximum absolute atomic E-state index is 11.1. The number of hydrogen-bond acceptors (Lipinski definition) is 3. The van der Waals surface area contributed by atoms with E-state index in [0.29, 0.717) is 23.8 Å². The number of hydrogen-bond donors (Lipinski definition) is 3. The fourth-order valence-electron chi connectivity index (χ4n) is 2.32. The topological polar surface area (TPSA) is 61.4 Å². The molecule has 2 fully saturated rings. The highest BCUT2D eigenvalue weighted by Crippen LogP contribution is 2.33. The van der Waals surface area contributed by atoms with Crippen LogP contribution in [-0.4, -0.2) is 34.2 Å². The predicted molar refractivity (Wildman–Crippen MR) is 65.7 cm³/mol. The van der Waals surface area contributed by atoms with Gasteiger partial charge in [0.2, 0.25) is 0 Å². The third kappa shape index (κ3) is 2.64. The molecule has 0 saturated carbocycles. The quantitative estimate of drug-likeness (QED) is 0.391. The van der Waals surface area contributed by atoms with E-state index in [2.05, 4.69) is 17.2 Å². The van der Waals surface area contributed by atoms with Gasteiger partial charge in [-0.05, 0) is 12.8 Å². The van der Waals surface area contributed by atoms with E-state index in [0.717, 1.165) is 25.0 Å². The average Bonchev–Trinajstić information content (AvgIpc) is 2.72. The summed E-state index contributed by atoms with van der Waals surface area (Å²) in [6.45, 7) is 3.47. The lowest BCUT2D eigenvalue weighted by Crippen LogP contribution is -2.36. The number of allylic oxidation sites excluding steroid dienone is 1. The van der Waals surface area contributed by atoms with Gasteiger partial charge >= 0.3 is 6.03 Å². The Morgan fingerprint density at radius 2 is 2.31 bits per heavy atom. The molecule has 5 heteroatoms. The lowest BCUT2D eigenvalue weighted by atomic mass is 10.0. The first-order valence-electron chi connectivity index (χ1n) is 5.72. The summed E-state index contributed by atoms with van der Waals surface area (Å²) in [5, 5.41) is 15.4. The smallest absolute Gasteiger partial charge is 0.315 e. The van der Waals surface area contributed by atoms with Crippen molar-refractivity contribution in [3.8, 4) is 0 Å². The van der Waals surface area contributed by atoms with Crippen LogP contribution in [-0.2, 0) is 0 Å². The van der Waals surface area contributed by atoms with Crippen LogP contribution >= 0.6 is 11.8 Å². The average molecular weight is 242 g/mol. The van der Waals surface area contributed by atoms with Crippen LogP contribution in [0.3, 0.4) is 0 Å². The van der Waals surface area contributed by atoms with E-state index in [1.165, 1.54) is 0 Å². The second-order valence-corrected chi connectivity index (χ2v) is 5.71. The molecule has 3 atom stereocenters. The number of thioether (sulfide) groups is 1. The van der Waals surface area contributed by atoms with Gasteiger partial charge in [0.1, 0.15) is 0 Å². The van der Waals surface area contributed by atoms with Crippen LogP contribution in [0, 0.1) is 0 Å². The third-order valence-corrected chi connectivity index (χ3v) is 4.65. The predicted octanol–water partition coefficient (Wildman–Crippen LogP) is 1.78. The Labute approximate surface area is 99.9 Å². The summed E-state index contributed by atoms with van der Waals surface area (Å²) >= 11 is 1.93. The highest BCUT2D eigenvalue weighted by molar-refractivity contribution is 8.00. The molecule has 90 valence electrons. The van der Waals surface area contributed by atoms with Crippen molar-refractivity contribution in [1.29, 1.82) is 0 Å². The Bertz CT molecular complexity index is 296. The van der Waals surface area contributed by atoms with Crippen LogP contribution in [0.4, 0.5) is 4.79 Å². The monoisotopic (exact) mass is 242 g/mol.